The largest absolute Gasteiger partial charge is 0.491 e. The second kappa shape index (κ2) is 10.4. The molecule has 1 heterocycles. The highest BCUT2D eigenvalue weighted by molar-refractivity contribution is 7.80. The molecular formula is C25H20ClF2N3O3S. The van der Waals surface area contributed by atoms with Gasteiger partial charge >= 0.3 is 0 Å². The van der Waals surface area contributed by atoms with E-state index in [2.05, 4.69) is 15.6 Å². The maximum Gasteiger partial charge on any atom is 0.257 e. The molecule has 1 amide bonds. The number of halogens is 3. The van der Waals surface area contributed by atoms with Crippen LogP contribution in [0.2, 0.25) is 5.02 Å². The number of anilines is 1. The molecule has 0 aliphatic carbocycles. The molecule has 35 heavy (non-hydrogen) atoms. The second-order valence-corrected chi connectivity index (χ2v) is 8.54. The number of carbonyl (C=O) groups excluding carboxylic acids is 1. The van der Waals surface area contributed by atoms with Crippen molar-refractivity contribution in [3.63, 3.8) is 0 Å². The molecule has 4 aromatic rings. The van der Waals surface area contributed by atoms with Crippen molar-refractivity contribution in [3.05, 3.63) is 76.8 Å². The van der Waals surface area contributed by atoms with Gasteiger partial charge in [-0.2, -0.15) is 0 Å². The number of benzene rings is 3. The number of oxazole rings is 1. The molecule has 0 aliphatic heterocycles. The molecule has 180 valence electrons. The first-order valence-corrected chi connectivity index (χ1v) is 11.5. The molecule has 0 spiro atoms. The predicted octanol–water partition coefficient (Wildman–Crippen LogP) is 6.73. The highest BCUT2D eigenvalue weighted by Gasteiger charge is 2.16. The Morgan fingerprint density at radius 3 is 2.71 bits per heavy atom. The topological polar surface area (TPSA) is 76.4 Å². The number of nitrogens with one attached hydrogen (secondary N) is 2. The van der Waals surface area contributed by atoms with E-state index >= 15 is 0 Å². The monoisotopic (exact) mass is 515 g/mol. The first-order valence-electron chi connectivity index (χ1n) is 10.7. The van der Waals surface area contributed by atoms with Crippen molar-refractivity contribution in [3.8, 4) is 17.2 Å². The van der Waals surface area contributed by atoms with E-state index in [1.165, 1.54) is 0 Å². The maximum absolute atomic E-state index is 13.7. The molecule has 4 rings (SSSR count). The van der Waals surface area contributed by atoms with Gasteiger partial charge in [0.2, 0.25) is 5.89 Å². The smallest absolute Gasteiger partial charge is 0.257 e. The Bertz CT molecular complexity index is 1430. The van der Waals surface area contributed by atoms with Gasteiger partial charge in [-0.25, -0.2) is 13.8 Å². The van der Waals surface area contributed by atoms with E-state index in [1.807, 2.05) is 13.8 Å². The van der Waals surface area contributed by atoms with E-state index in [0.717, 1.165) is 18.6 Å². The zero-order valence-corrected chi connectivity index (χ0v) is 20.3. The summed E-state index contributed by atoms with van der Waals surface area (Å²) in [5.74, 6) is -1.88. The van der Waals surface area contributed by atoms with Crippen LogP contribution in [0.25, 0.3) is 22.6 Å². The van der Waals surface area contributed by atoms with E-state index in [4.69, 9.17) is 33.0 Å². The molecule has 1 aromatic heterocycles. The van der Waals surface area contributed by atoms with Crippen LogP contribution < -0.4 is 15.4 Å². The Kier molecular flexibility index (Phi) is 7.28. The summed E-state index contributed by atoms with van der Waals surface area (Å²) in [7, 11) is 0. The summed E-state index contributed by atoms with van der Waals surface area (Å²) in [6, 6.07) is 13.5. The van der Waals surface area contributed by atoms with Crippen molar-refractivity contribution in [1.82, 2.24) is 10.3 Å². The molecule has 10 heteroatoms. The molecule has 0 bridgehead atoms. The normalized spacial score (nSPS) is 11.8. The first kappa shape index (κ1) is 24.6. The van der Waals surface area contributed by atoms with Crippen molar-refractivity contribution in [2.45, 2.75) is 26.4 Å². The Labute approximate surface area is 210 Å². The molecule has 2 N–H and O–H groups in total. The van der Waals surface area contributed by atoms with E-state index in [0.29, 0.717) is 28.1 Å². The quantitative estimate of drug-likeness (QED) is 0.219. The number of aromatic nitrogens is 1. The Morgan fingerprint density at radius 1 is 1.17 bits per heavy atom. The first-order chi connectivity index (χ1) is 16.7. The number of ether oxygens (including phenoxy) is 1. The minimum Gasteiger partial charge on any atom is -0.491 e. The SMILES string of the molecule is CCC(C)Oc1cccc(C(=O)NC(=S)Nc2ccc3oc(-c4cc(F)c(F)cc4Cl)nc3c2)c1. The molecular weight excluding hydrogens is 496 g/mol. The van der Waals surface area contributed by atoms with Gasteiger partial charge in [-0.3, -0.25) is 10.1 Å². The fourth-order valence-corrected chi connectivity index (χ4v) is 3.61. The lowest BCUT2D eigenvalue weighted by molar-refractivity contribution is 0.0977. The van der Waals surface area contributed by atoms with Crippen LogP contribution in [0.4, 0.5) is 14.5 Å². The van der Waals surface area contributed by atoms with Crippen molar-refractivity contribution >= 4 is 51.6 Å². The maximum atomic E-state index is 13.7. The average molecular weight is 516 g/mol. The molecule has 0 saturated heterocycles. The lowest BCUT2D eigenvalue weighted by Crippen LogP contribution is -2.34. The number of rotatable bonds is 6. The van der Waals surface area contributed by atoms with Crippen molar-refractivity contribution < 1.29 is 22.7 Å². The summed E-state index contributed by atoms with van der Waals surface area (Å²) in [5.41, 5.74) is 1.88. The fourth-order valence-electron chi connectivity index (χ4n) is 3.17. The number of amides is 1. The van der Waals surface area contributed by atoms with E-state index in [1.54, 1.807) is 42.5 Å². The second-order valence-electron chi connectivity index (χ2n) is 7.72. The predicted molar refractivity (Wildman–Crippen MR) is 135 cm³/mol. The number of hydrogen-bond acceptors (Lipinski definition) is 5. The van der Waals surface area contributed by atoms with Gasteiger partial charge in [-0.05, 0) is 74.1 Å². The highest BCUT2D eigenvalue weighted by Crippen LogP contribution is 2.32. The van der Waals surface area contributed by atoms with Gasteiger partial charge in [-0.15, -0.1) is 0 Å². The van der Waals surface area contributed by atoms with Crippen LogP contribution >= 0.6 is 23.8 Å². The molecule has 6 nitrogen and oxygen atoms in total. The molecule has 1 atom stereocenters. The minimum atomic E-state index is -1.06. The van der Waals surface area contributed by atoms with E-state index in [9.17, 15) is 13.6 Å². The van der Waals surface area contributed by atoms with Crippen LogP contribution in [0.15, 0.2) is 59.0 Å². The third-order valence-electron chi connectivity index (χ3n) is 5.12. The standard InChI is InChI=1S/C25H20ClF2N3O3S/c1-3-13(2)33-16-6-4-5-14(9-16)23(32)31-25(35)29-15-7-8-22-21(10-15)30-24(34-22)17-11-19(27)20(28)12-18(17)26/h4-13H,3H2,1-2H3,(H2,29,31,32,35). The summed E-state index contributed by atoms with van der Waals surface area (Å²) in [6.45, 7) is 3.97. The number of hydrogen-bond donors (Lipinski definition) is 2. The summed E-state index contributed by atoms with van der Waals surface area (Å²) in [4.78, 5) is 16.9. The van der Waals surface area contributed by atoms with Crippen LogP contribution in [-0.4, -0.2) is 22.1 Å². The van der Waals surface area contributed by atoms with E-state index < -0.39 is 17.5 Å². The van der Waals surface area contributed by atoms with Gasteiger partial charge in [0, 0.05) is 11.3 Å². The number of nitrogens with zero attached hydrogens (tertiary/aromatic N) is 1. The van der Waals surface area contributed by atoms with Gasteiger partial charge in [0.1, 0.15) is 11.3 Å². The van der Waals surface area contributed by atoms with Crippen molar-refractivity contribution in [2.75, 3.05) is 5.32 Å². The third-order valence-corrected chi connectivity index (χ3v) is 5.64. The molecule has 1 unspecified atom stereocenters. The summed E-state index contributed by atoms with van der Waals surface area (Å²) >= 11 is 11.3. The highest BCUT2D eigenvalue weighted by atomic mass is 35.5. The van der Waals surface area contributed by atoms with Gasteiger partial charge in [0.15, 0.2) is 22.3 Å². The molecule has 0 fully saturated rings. The lowest BCUT2D eigenvalue weighted by Gasteiger charge is -2.14. The molecule has 0 saturated carbocycles. The Morgan fingerprint density at radius 2 is 1.94 bits per heavy atom. The van der Waals surface area contributed by atoms with E-state index in [-0.39, 0.29) is 27.7 Å². The molecule has 0 aliphatic rings. The van der Waals surface area contributed by atoms with Gasteiger partial charge in [0.05, 0.1) is 16.7 Å². The summed E-state index contributed by atoms with van der Waals surface area (Å²) < 4.78 is 38.4. The van der Waals surface area contributed by atoms with Gasteiger partial charge in [-0.1, -0.05) is 24.6 Å². The van der Waals surface area contributed by atoms with Crippen molar-refractivity contribution in [1.29, 1.82) is 0 Å². The number of thiocarbonyl (C=S) groups is 1. The minimum absolute atomic E-state index is 0.0288. The Balaban J connectivity index is 1.46. The summed E-state index contributed by atoms with van der Waals surface area (Å²) in [6.07, 6.45) is 0.872. The fraction of sp³-hybridized carbons (Fsp3) is 0.160. The number of fused-ring (bicyclic) bond motifs is 1. The van der Waals surface area contributed by atoms with Crippen LogP contribution in [0.1, 0.15) is 30.6 Å². The van der Waals surface area contributed by atoms with Crippen LogP contribution in [0.3, 0.4) is 0 Å². The third kappa shape index (κ3) is 5.75. The molecule has 3 aromatic carbocycles. The zero-order valence-electron chi connectivity index (χ0n) is 18.7. The van der Waals surface area contributed by atoms with Crippen LogP contribution in [-0.2, 0) is 0 Å². The van der Waals surface area contributed by atoms with Gasteiger partial charge in [0.25, 0.3) is 5.91 Å². The summed E-state index contributed by atoms with van der Waals surface area (Å²) in [5, 5.41) is 5.59. The average Bonchev–Trinajstić information content (AvgIpc) is 3.24. The zero-order chi connectivity index (χ0) is 25.1. The number of carbonyl (C=O) groups is 1. The lowest BCUT2D eigenvalue weighted by atomic mass is 10.2. The van der Waals surface area contributed by atoms with Crippen LogP contribution in [0.5, 0.6) is 5.75 Å². The van der Waals surface area contributed by atoms with Gasteiger partial charge < -0.3 is 14.5 Å². The Hall–Kier alpha value is -3.56. The van der Waals surface area contributed by atoms with Crippen molar-refractivity contribution in [2.24, 2.45) is 0 Å². The molecule has 0 radical (unpaired) electrons. The van der Waals surface area contributed by atoms with Crippen LogP contribution in [0, 0.1) is 11.6 Å².